The van der Waals surface area contributed by atoms with Crippen LogP contribution in [0.25, 0.3) is 11.0 Å². The molecule has 0 bridgehead atoms. The van der Waals surface area contributed by atoms with Gasteiger partial charge in [0, 0.05) is 17.0 Å². The predicted octanol–water partition coefficient (Wildman–Crippen LogP) is 3.63. The summed E-state index contributed by atoms with van der Waals surface area (Å²) in [5.41, 5.74) is 1.65. The van der Waals surface area contributed by atoms with Gasteiger partial charge in [-0.2, -0.15) is 0 Å². The fraction of sp³-hybridized carbons (Fsp3) is 0.273. The summed E-state index contributed by atoms with van der Waals surface area (Å²) in [5.74, 6) is 0.548. The topological polar surface area (TPSA) is 75.0 Å². The molecule has 0 N–H and O–H groups in total. The van der Waals surface area contributed by atoms with Gasteiger partial charge < -0.3 is 18.6 Å². The first kappa shape index (κ1) is 18.1. The van der Waals surface area contributed by atoms with E-state index in [-0.39, 0.29) is 6.61 Å². The maximum Gasteiger partial charge on any atom is 0.351 e. The quantitative estimate of drug-likeness (QED) is 0.508. The molecule has 0 saturated carbocycles. The van der Waals surface area contributed by atoms with Crippen molar-refractivity contribution < 1.29 is 23.4 Å². The molecule has 28 heavy (non-hydrogen) atoms. The molecular weight excluding hydrogens is 360 g/mol. The summed E-state index contributed by atoms with van der Waals surface area (Å²) in [4.78, 5) is 24.5. The highest BCUT2D eigenvalue weighted by atomic mass is 16.6. The van der Waals surface area contributed by atoms with E-state index >= 15 is 0 Å². The van der Waals surface area contributed by atoms with Gasteiger partial charge in [0.25, 0.3) is 0 Å². The van der Waals surface area contributed by atoms with E-state index < -0.39 is 23.8 Å². The third-order valence-electron chi connectivity index (χ3n) is 4.75. The Hall–Kier alpha value is -3.28. The lowest BCUT2D eigenvalue weighted by molar-refractivity contribution is -0.159. The number of carbonyl (C=O) groups is 1. The Bertz CT molecular complexity index is 1080. The fourth-order valence-corrected chi connectivity index (χ4v) is 3.22. The zero-order chi connectivity index (χ0) is 19.7. The second kappa shape index (κ2) is 7.38. The molecule has 2 atom stereocenters. The van der Waals surface area contributed by atoms with Crippen molar-refractivity contribution in [3.05, 3.63) is 70.1 Å². The SMILES string of the molecule is CCc1ccc2c(COC(=O)[C@H]3Oc4ccccc4O[C@@H]3C)cc(=O)oc2c1. The molecule has 0 radical (unpaired) electrons. The number of aryl methyl sites for hydroxylation is 1. The summed E-state index contributed by atoms with van der Waals surface area (Å²) in [7, 11) is 0. The molecule has 0 amide bonds. The van der Waals surface area contributed by atoms with Crippen molar-refractivity contribution in [1.82, 2.24) is 0 Å². The zero-order valence-corrected chi connectivity index (χ0v) is 15.6. The molecule has 6 heteroatoms. The number of hydrogen-bond donors (Lipinski definition) is 0. The van der Waals surface area contributed by atoms with Gasteiger partial charge in [-0.1, -0.05) is 31.2 Å². The Labute approximate surface area is 161 Å². The standard InChI is InChI=1S/C22H20O6/c1-3-14-8-9-16-15(11-20(23)27-19(16)10-14)12-25-22(24)21-13(2)26-17-6-4-5-7-18(17)28-21/h4-11,13,21H,3,12H2,1-2H3/t13-,21+/m1/s1. The van der Waals surface area contributed by atoms with Crippen LogP contribution >= 0.6 is 0 Å². The molecule has 1 aromatic heterocycles. The second-order valence-corrected chi connectivity index (χ2v) is 6.69. The summed E-state index contributed by atoms with van der Waals surface area (Å²) >= 11 is 0. The molecule has 0 aliphatic carbocycles. The highest BCUT2D eigenvalue weighted by molar-refractivity contribution is 5.81. The summed E-state index contributed by atoms with van der Waals surface area (Å²) in [5, 5.41) is 0.740. The first-order chi connectivity index (χ1) is 13.5. The van der Waals surface area contributed by atoms with E-state index in [9.17, 15) is 9.59 Å². The molecule has 0 fully saturated rings. The van der Waals surface area contributed by atoms with Crippen LogP contribution in [-0.4, -0.2) is 18.2 Å². The van der Waals surface area contributed by atoms with E-state index in [2.05, 4.69) is 0 Å². The molecule has 6 nitrogen and oxygen atoms in total. The minimum atomic E-state index is -0.882. The average molecular weight is 380 g/mol. The molecule has 2 heterocycles. The Balaban J connectivity index is 1.53. The smallest absolute Gasteiger partial charge is 0.351 e. The minimum absolute atomic E-state index is 0.0549. The highest BCUT2D eigenvalue weighted by Gasteiger charge is 2.35. The van der Waals surface area contributed by atoms with Crippen molar-refractivity contribution in [3.8, 4) is 11.5 Å². The Morgan fingerprint density at radius 2 is 1.82 bits per heavy atom. The van der Waals surface area contributed by atoms with E-state index in [1.54, 1.807) is 25.1 Å². The number of carbonyl (C=O) groups excluding carboxylic acids is 1. The minimum Gasteiger partial charge on any atom is -0.482 e. The summed E-state index contributed by atoms with van der Waals surface area (Å²) < 4.78 is 22.2. The van der Waals surface area contributed by atoms with E-state index in [1.807, 2.05) is 31.2 Å². The van der Waals surface area contributed by atoms with Gasteiger partial charge in [-0.15, -0.1) is 0 Å². The van der Waals surface area contributed by atoms with Crippen LogP contribution in [0.5, 0.6) is 11.5 Å². The molecule has 1 aliphatic rings. The Morgan fingerprint density at radius 1 is 1.07 bits per heavy atom. The normalized spacial score (nSPS) is 18.1. The number of ether oxygens (including phenoxy) is 3. The third-order valence-corrected chi connectivity index (χ3v) is 4.75. The lowest BCUT2D eigenvalue weighted by Crippen LogP contribution is -2.44. The van der Waals surface area contributed by atoms with Crippen molar-refractivity contribution in [3.63, 3.8) is 0 Å². The van der Waals surface area contributed by atoms with Gasteiger partial charge >= 0.3 is 11.6 Å². The van der Waals surface area contributed by atoms with Crippen LogP contribution in [0.3, 0.4) is 0 Å². The number of rotatable bonds is 4. The largest absolute Gasteiger partial charge is 0.482 e. The van der Waals surface area contributed by atoms with Gasteiger partial charge in [0.05, 0.1) is 0 Å². The van der Waals surface area contributed by atoms with Gasteiger partial charge in [-0.25, -0.2) is 9.59 Å². The van der Waals surface area contributed by atoms with Crippen molar-refractivity contribution in [1.29, 1.82) is 0 Å². The van der Waals surface area contributed by atoms with Gasteiger partial charge in [0.2, 0.25) is 6.10 Å². The van der Waals surface area contributed by atoms with Gasteiger partial charge in [0.15, 0.2) is 11.5 Å². The molecule has 2 aromatic carbocycles. The molecule has 0 unspecified atom stereocenters. The lowest BCUT2D eigenvalue weighted by Gasteiger charge is -2.30. The Morgan fingerprint density at radius 3 is 2.57 bits per heavy atom. The molecule has 144 valence electrons. The van der Waals surface area contributed by atoms with E-state index in [0.717, 1.165) is 17.4 Å². The van der Waals surface area contributed by atoms with Crippen molar-refractivity contribution in [2.45, 2.75) is 39.1 Å². The molecule has 3 aromatic rings. The molecule has 0 saturated heterocycles. The second-order valence-electron chi connectivity index (χ2n) is 6.69. The molecule has 1 aliphatic heterocycles. The Kier molecular flexibility index (Phi) is 4.77. The van der Waals surface area contributed by atoms with Crippen LogP contribution in [0.15, 0.2) is 57.7 Å². The van der Waals surface area contributed by atoms with Crippen LogP contribution in [0, 0.1) is 0 Å². The van der Waals surface area contributed by atoms with Crippen LogP contribution in [-0.2, 0) is 22.6 Å². The summed E-state index contributed by atoms with van der Waals surface area (Å²) in [6.45, 7) is 3.72. The monoisotopic (exact) mass is 380 g/mol. The zero-order valence-electron chi connectivity index (χ0n) is 15.6. The van der Waals surface area contributed by atoms with Crippen LogP contribution < -0.4 is 15.1 Å². The van der Waals surface area contributed by atoms with Gasteiger partial charge in [-0.05, 0) is 37.1 Å². The molecular formula is C22H20O6. The van der Waals surface area contributed by atoms with E-state index in [0.29, 0.717) is 22.6 Å². The fourth-order valence-electron chi connectivity index (χ4n) is 3.22. The van der Waals surface area contributed by atoms with Crippen molar-refractivity contribution in [2.24, 2.45) is 0 Å². The number of fused-ring (bicyclic) bond motifs is 2. The average Bonchev–Trinajstić information content (AvgIpc) is 2.70. The summed E-state index contributed by atoms with van der Waals surface area (Å²) in [6, 6.07) is 14.2. The summed E-state index contributed by atoms with van der Waals surface area (Å²) in [6.07, 6.45) is -0.544. The maximum absolute atomic E-state index is 12.6. The molecule has 4 rings (SSSR count). The van der Waals surface area contributed by atoms with Gasteiger partial charge in [-0.3, -0.25) is 0 Å². The van der Waals surface area contributed by atoms with Gasteiger partial charge in [0.1, 0.15) is 18.3 Å². The maximum atomic E-state index is 12.6. The van der Waals surface area contributed by atoms with Crippen molar-refractivity contribution >= 4 is 16.9 Å². The third kappa shape index (κ3) is 3.45. The lowest BCUT2D eigenvalue weighted by atomic mass is 10.1. The van der Waals surface area contributed by atoms with Crippen molar-refractivity contribution in [2.75, 3.05) is 0 Å². The number of benzene rings is 2. The van der Waals surface area contributed by atoms with E-state index in [4.69, 9.17) is 18.6 Å². The first-order valence-corrected chi connectivity index (χ1v) is 9.20. The van der Waals surface area contributed by atoms with Crippen LogP contribution in [0.4, 0.5) is 0 Å². The number of para-hydroxylation sites is 2. The van der Waals surface area contributed by atoms with Crippen LogP contribution in [0.2, 0.25) is 0 Å². The number of hydrogen-bond acceptors (Lipinski definition) is 6. The van der Waals surface area contributed by atoms with E-state index in [1.165, 1.54) is 6.07 Å². The first-order valence-electron chi connectivity index (χ1n) is 9.20. The molecule has 0 spiro atoms. The predicted molar refractivity (Wildman–Crippen MR) is 103 cm³/mol. The van der Waals surface area contributed by atoms with Crippen LogP contribution in [0.1, 0.15) is 25.0 Å². The number of esters is 1. The highest BCUT2D eigenvalue weighted by Crippen LogP contribution is 2.33.